The molecule has 0 saturated heterocycles. The van der Waals surface area contributed by atoms with Gasteiger partial charge in [-0.3, -0.25) is 0 Å². The van der Waals surface area contributed by atoms with E-state index in [0.717, 1.165) is 5.75 Å². The highest BCUT2D eigenvalue weighted by Gasteiger charge is 2.04. The number of halogens is 1. The molecule has 0 atom stereocenters. The van der Waals surface area contributed by atoms with Crippen molar-refractivity contribution < 1.29 is 23.7 Å². The van der Waals surface area contributed by atoms with Gasteiger partial charge in [0.05, 0.1) is 20.4 Å². The predicted molar refractivity (Wildman–Crippen MR) is 98.6 cm³/mol. The molecule has 0 aliphatic carbocycles. The molecule has 0 fully saturated rings. The first-order valence-electron chi connectivity index (χ1n) is 7.68. The molecule has 26 heavy (non-hydrogen) atoms. The molecule has 8 heteroatoms. The summed E-state index contributed by atoms with van der Waals surface area (Å²) in [5.41, 5.74) is 2.81. The van der Waals surface area contributed by atoms with Crippen molar-refractivity contribution in [3.8, 4) is 17.2 Å². The zero-order valence-corrected chi connectivity index (χ0v) is 15.2. The molecule has 0 spiro atoms. The molecular weight excluding hydrogens is 360 g/mol. The number of benzene rings is 2. The Labute approximate surface area is 156 Å². The second-order valence-corrected chi connectivity index (χ2v) is 5.36. The van der Waals surface area contributed by atoms with Gasteiger partial charge in [-0.05, 0) is 30.3 Å². The maximum atomic E-state index is 11.0. The van der Waals surface area contributed by atoms with Gasteiger partial charge >= 0.3 is 6.09 Å². The summed E-state index contributed by atoms with van der Waals surface area (Å²) in [7, 11) is 2.85. The van der Waals surface area contributed by atoms with E-state index in [1.54, 1.807) is 31.4 Å². The van der Waals surface area contributed by atoms with E-state index in [0.29, 0.717) is 35.3 Å². The maximum absolute atomic E-state index is 11.0. The normalized spacial score (nSPS) is 10.4. The summed E-state index contributed by atoms with van der Waals surface area (Å²) in [6.07, 6.45) is 0.749. The van der Waals surface area contributed by atoms with Crippen LogP contribution in [0.25, 0.3) is 0 Å². The van der Waals surface area contributed by atoms with Crippen LogP contribution < -0.4 is 19.6 Å². The molecule has 0 unspecified atom stereocenters. The van der Waals surface area contributed by atoms with E-state index in [4.69, 9.17) is 25.8 Å². The Kier molecular flexibility index (Phi) is 7.57. The Morgan fingerprint density at radius 1 is 1.12 bits per heavy atom. The quantitative estimate of drug-likeness (QED) is 0.432. The Morgan fingerprint density at radius 3 is 2.65 bits per heavy atom. The molecule has 2 aromatic rings. The number of hydrazone groups is 1. The lowest BCUT2D eigenvalue weighted by Crippen LogP contribution is -2.17. The number of methoxy groups -OCH3 is 2. The molecule has 7 nitrogen and oxygen atoms in total. The number of hydrogen-bond donors (Lipinski definition) is 1. The largest absolute Gasteiger partial charge is 0.497 e. The van der Waals surface area contributed by atoms with Crippen molar-refractivity contribution in [2.75, 3.05) is 27.4 Å². The first kappa shape index (κ1) is 19.4. The molecule has 138 valence electrons. The summed E-state index contributed by atoms with van der Waals surface area (Å²) in [5.74, 6) is 1.96. The van der Waals surface area contributed by atoms with Gasteiger partial charge in [0.25, 0.3) is 0 Å². The van der Waals surface area contributed by atoms with E-state index >= 15 is 0 Å². The van der Waals surface area contributed by atoms with Crippen molar-refractivity contribution in [3.05, 3.63) is 53.1 Å². The first-order valence-corrected chi connectivity index (χ1v) is 8.06. The zero-order chi connectivity index (χ0) is 18.8. The second kappa shape index (κ2) is 10.1. The molecule has 2 aromatic carbocycles. The molecule has 1 amide bonds. The Bertz CT molecular complexity index is 767. The van der Waals surface area contributed by atoms with Gasteiger partial charge in [0.2, 0.25) is 0 Å². The monoisotopic (exact) mass is 378 g/mol. The van der Waals surface area contributed by atoms with E-state index in [1.807, 2.05) is 18.2 Å². The van der Waals surface area contributed by atoms with Gasteiger partial charge < -0.3 is 18.9 Å². The van der Waals surface area contributed by atoms with Crippen LogP contribution in [0, 0.1) is 0 Å². The highest BCUT2D eigenvalue weighted by Crippen LogP contribution is 2.22. The number of amides is 1. The number of carbonyl (C=O) groups is 1. The highest BCUT2D eigenvalue weighted by atomic mass is 35.5. The Hall–Kier alpha value is -2.93. The SMILES string of the molecule is COC(=O)N/N=C/c1cc(Cl)ccc1OCCOc1cccc(OC)c1. The van der Waals surface area contributed by atoms with Crippen molar-refractivity contribution >= 4 is 23.9 Å². The average molecular weight is 379 g/mol. The molecule has 0 aliphatic heterocycles. The topological polar surface area (TPSA) is 78.4 Å². The summed E-state index contributed by atoms with van der Waals surface area (Å²) in [4.78, 5) is 11.0. The van der Waals surface area contributed by atoms with Crippen molar-refractivity contribution in [1.29, 1.82) is 0 Å². The van der Waals surface area contributed by atoms with Crippen LogP contribution in [-0.2, 0) is 4.74 Å². The number of carbonyl (C=O) groups excluding carboxylic acids is 1. The molecule has 0 bridgehead atoms. The Morgan fingerprint density at radius 2 is 1.88 bits per heavy atom. The van der Waals surface area contributed by atoms with E-state index < -0.39 is 6.09 Å². The summed E-state index contributed by atoms with van der Waals surface area (Å²) in [5, 5.41) is 4.29. The molecule has 0 heterocycles. The third kappa shape index (κ3) is 6.18. The molecule has 0 radical (unpaired) electrons. The third-order valence-electron chi connectivity index (χ3n) is 3.17. The van der Waals surface area contributed by atoms with E-state index in [2.05, 4.69) is 15.3 Å². The van der Waals surface area contributed by atoms with Crippen LogP contribution in [0.4, 0.5) is 4.79 Å². The van der Waals surface area contributed by atoms with Gasteiger partial charge in [0, 0.05) is 16.7 Å². The van der Waals surface area contributed by atoms with Gasteiger partial charge in [0.15, 0.2) is 0 Å². The van der Waals surface area contributed by atoms with Gasteiger partial charge in [-0.1, -0.05) is 17.7 Å². The number of nitrogens with one attached hydrogen (secondary N) is 1. The minimum atomic E-state index is -0.669. The van der Waals surface area contributed by atoms with Crippen LogP contribution in [0.3, 0.4) is 0 Å². The second-order valence-electron chi connectivity index (χ2n) is 4.92. The fraction of sp³-hybridized carbons (Fsp3) is 0.222. The highest BCUT2D eigenvalue weighted by molar-refractivity contribution is 6.30. The van der Waals surface area contributed by atoms with Crippen LogP contribution in [0.5, 0.6) is 17.2 Å². The van der Waals surface area contributed by atoms with Crippen molar-refractivity contribution in [2.24, 2.45) is 5.10 Å². The van der Waals surface area contributed by atoms with Crippen molar-refractivity contribution in [3.63, 3.8) is 0 Å². The van der Waals surface area contributed by atoms with E-state index in [1.165, 1.54) is 13.3 Å². The first-order chi connectivity index (χ1) is 12.6. The smallest absolute Gasteiger partial charge is 0.427 e. The van der Waals surface area contributed by atoms with Crippen LogP contribution >= 0.6 is 11.6 Å². The molecule has 1 N–H and O–H groups in total. The van der Waals surface area contributed by atoms with E-state index in [-0.39, 0.29) is 0 Å². The maximum Gasteiger partial charge on any atom is 0.427 e. The summed E-state index contributed by atoms with van der Waals surface area (Å²) in [6, 6.07) is 12.4. The Balaban J connectivity index is 1.91. The van der Waals surface area contributed by atoms with Gasteiger partial charge in [-0.25, -0.2) is 10.2 Å². The fourth-order valence-corrected chi connectivity index (χ4v) is 2.13. The van der Waals surface area contributed by atoms with Crippen molar-refractivity contribution in [2.45, 2.75) is 0 Å². The third-order valence-corrected chi connectivity index (χ3v) is 3.40. The summed E-state index contributed by atoms with van der Waals surface area (Å²) >= 11 is 5.99. The predicted octanol–water partition coefficient (Wildman–Crippen LogP) is 3.50. The number of hydrogen-bond acceptors (Lipinski definition) is 6. The lowest BCUT2D eigenvalue weighted by molar-refractivity contribution is 0.171. The van der Waals surface area contributed by atoms with Gasteiger partial charge in [-0.15, -0.1) is 0 Å². The molecular formula is C18H19ClN2O5. The van der Waals surface area contributed by atoms with Crippen LogP contribution in [0.15, 0.2) is 47.6 Å². The standard InChI is InChI=1S/C18H19ClN2O5/c1-23-15-4-3-5-16(11-15)25-8-9-26-17-7-6-14(19)10-13(17)12-20-21-18(22)24-2/h3-7,10-12H,8-9H2,1-2H3,(H,21,22)/b20-12+. The number of rotatable bonds is 8. The lowest BCUT2D eigenvalue weighted by atomic mass is 10.2. The van der Waals surface area contributed by atoms with Gasteiger partial charge in [-0.2, -0.15) is 5.10 Å². The molecule has 0 aliphatic rings. The lowest BCUT2D eigenvalue weighted by Gasteiger charge is -2.11. The molecule has 0 saturated carbocycles. The number of ether oxygens (including phenoxy) is 4. The average Bonchev–Trinajstić information content (AvgIpc) is 2.66. The van der Waals surface area contributed by atoms with Crippen LogP contribution in [-0.4, -0.2) is 39.7 Å². The fourth-order valence-electron chi connectivity index (χ4n) is 1.95. The molecule has 0 aromatic heterocycles. The minimum absolute atomic E-state index is 0.310. The zero-order valence-electron chi connectivity index (χ0n) is 14.4. The summed E-state index contributed by atoms with van der Waals surface area (Å²) < 4.78 is 20.9. The van der Waals surface area contributed by atoms with Crippen LogP contribution in [0.2, 0.25) is 5.02 Å². The van der Waals surface area contributed by atoms with Crippen LogP contribution in [0.1, 0.15) is 5.56 Å². The summed E-state index contributed by atoms with van der Waals surface area (Å²) in [6.45, 7) is 0.650. The number of nitrogens with zero attached hydrogens (tertiary/aromatic N) is 1. The van der Waals surface area contributed by atoms with Gasteiger partial charge in [0.1, 0.15) is 30.5 Å². The minimum Gasteiger partial charge on any atom is -0.497 e. The van der Waals surface area contributed by atoms with Crippen molar-refractivity contribution in [1.82, 2.24) is 5.43 Å². The van der Waals surface area contributed by atoms with E-state index in [9.17, 15) is 4.79 Å². The molecule has 2 rings (SSSR count).